The lowest BCUT2D eigenvalue weighted by molar-refractivity contribution is 0.190. The second kappa shape index (κ2) is 6.78. The Morgan fingerprint density at radius 3 is 2.55 bits per heavy atom. The van der Waals surface area contributed by atoms with E-state index >= 15 is 0 Å². The molecule has 1 aliphatic carbocycles. The van der Waals surface area contributed by atoms with E-state index in [2.05, 4.69) is 23.2 Å². The number of amides is 2. The number of hydrogen-bond donors (Lipinski definition) is 1. The lowest BCUT2D eigenvalue weighted by Crippen LogP contribution is -2.53. The van der Waals surface area contributed by atoms with Gasteiger partial charge in [-0.2, -0.15) is 0 Å². The van der Waals surface area contributed by atoms with Crippen molar-refractivity contribution >= 4 is 23.3 Å². The average molecular weight is 322 g/mol. The highest BCUT2D eigenvalue weighted by molar-refractivity contribution is 6.30. The second-order valence-electron chi connectivity index (χ2n) is 6.34. The number of carbonyl (C=O) groups excluding carboxylic acids is 1. The Kier molecular flexibility index (Phi) is 4.77. The standard InChI is InChI=1S/C17H24ClN3O/c1-13-6-7-14(18)12-16(13)20-8-10-21(11-9-20)17(22)19-15-4-2-3-5-15/h6-7,12,15H,2-5,8-11H2,1H3,(H,19,22). The fourth-order valence-corrected chi connectivity index (χ4v) is 3.58. The highest BCUT2D eigenvalue weighted by Gasteiger charge is 2.25. The van der Waals surface area contributed by atoms with Crippen LogP contribution >= 0.6 is 11.6 Å². The third kappa shape index (κ3) is 3.49. The van der Waals surface area contributed by atoms with Gasteiger partial charge in [-0.25, -0.2) is 4.79 Å². The molecule has 0 unspecified atom stereocenters. The van der Waals surface area contributed by atoms with E-state index in [0.29, 0.717) is 6.04 Å². The smallest absolute Gasteiger partial charge is 0.317 e. The van der Waals surface area contributed by atoms with E-state index in [9.17, 15) is 4.79 Å². The zero-order valence-electron chi connectivity index (χ0n) is 13.1. The SMILES string of the molecule is Cc1ccc(Cl)cc1N1CCN(C(=O)NC2CCCC2)CC1. The maximum atomic E-state index is 12.3. The van der Waals surface area contributed by atoms with Crippen LogP contribution in [0.25, 0.3) is 0 Å². The van der Waals surface area contributed by atoms with Crippen molar-refractivity contribution in [3.63, 3.8) is 0 Å². The molecule has 0 bridgehead atoms. The minimum absolute atomic E-state index is 0.106. The Bertz CT molecular complexity index is 535. The number of nitrogens with zero attached hydrogens (tertiary/aromatic N) is 2. The van der Waals surface area contributed by atoms with Gasteiger partial charge in [-0.3, -0.25) is 0 Å². The number of carbonyl (C=O) groups is 1. The molecule has 0 spiro atoms. The van der Waals surface area contributed by atoms with Crippen LogP contribution in [0.5, 0.6) is 0 Å². The summed E-state index contributed by atoms with van der Waals surface area (Å²) < 4.78 is 0. The van der Waals surface area contributed by atoms with Crippen LogP contribution in [0.3, 0.4) is 0 Å². The van der Waals surface area contributed by atoms with Gasteiger partial charge in [-0.1, -0.05) is 30.5 Å². The van der Waals surface area contributed by atoms with Crippen molar-refractivity contribution in [2.45, 2.75) is 38.6 Å². The first-order valence-corrected chi connectivity index (χ1v) is 8.58. The van der Waals surface area contributed by atoms with E-state index in [-0.39, 0.29) is 6.03 Å². The Labute approximate surface area is 137 Å². The molecule has 4 nitrogen and oxygen atoms in total. The zero-order valence-corrected chi connectivity index (χ0v) is 13.9. The molecule has 1 aromatic rings. The normalized spacial score (nSPS) is 19.5. The van der Waals surface area contributed by atoms with Gasteiger partial charge in [0.25, 0.3) is 0 Å². The summed E-state index contributed by atoms with van der Waals surface area (Å²) in [5.41, 5.74) is 2.41. The number of nitrogens with one attached hydrogen (secondary N) is 1. The number of piperazine rings is 1. The molecular formula is C17H24ClN3O. The fourth-order valence-electron chi connectivity index (χ4n) is 3.41. The van der Waals surface area contributed by atoms with Crippen molar-refractivity contribution in [1.82, 2.24) is 10.2 Å². The summed E-state index contributed by atoms with van der Waals surface area (Å²) in [6.07, 6.45) is 4.75. The van der Waals surface area contributed by atoms with Crippen LogP contribution < -0.4 is 10.2 Å². The van der Waals surface area contributed by atoms with E-state index in [1.54, 1.807) is 0 Å². The van der Waals surface area contributed by atoms with Crippen LogP contribution in [-0.2, 0) is 0 Å². The van der Waals surface area contributed by atoms with Crippen molar-refractivity contribution in [2.75, 3.05) is 31.1 Å². The van der Waals surface area contributed by atoms with E-state index < -0.39 is 0 Å². The van der Waals surface area contributed by atoms with Gasteiger partial charge in [0.2, 0.25) is 0 Å². The largest absolute Gasteiger partial charge is 0.368 e. The number of urea groups is 1. The third-order valence-corrected chi connectivity index (χ3v) is 5.00. The van der Waals surface area contributed by atoms with Gasteiger partial charge in [0.05, 0.1) is 0 Å². The number of benzene rings is 1. The quantitative estimate of drug-likeness (QED) is 0.906. The molecule has 120 valence electrons. The molecule has 0 atom stereocenters. The molecule has 22 heavy (non-hydrogen) atoms. The van der Waals surface area contributed by atoms with Gasteiger partial charge in [0.1, 0.15) is 0 Å². The Balaban J connectivity index is 1.55. The number of hydrogen-bond acceptors (Lipinski definition) is 2. The van der Waals surface area contributed by atoms with Gasteiger partial charge in [-0.15, -0.1) is 0 Å². The summed E-state index contributed by atoms with van der Waals surface area (Å²) in [5.74, 6) is 0. The predicted octanol–water partition coefficient (Wildman–Crippen LogP) is 3.42. The minimum atomic E-state index is 0.106. The molecule has 2 fully saturated rings. The van der Waals surface area contributed by atoms with Crippen molar-refractivity contribution in [3.8, 4) is 0 Å². The van der Waals surface area contributed by atoms with Crippen molar-refractivity contribution in [3.05, 3.63) is 28.8 Å². The summed E-state index contributed by atoms with van der Waals surface area (Å²) in [6, 6.07) is 6.49. The second-order valence-corrected chi connectivity index (χ2v) is 6.77. The number of rotatable bonds is 2. The number of anilines is 1. The van der Waals surface area contributed by atoms with Gasteiger partial charge in [0.15, 0.2) is 0 Å². The highest BCUT2D eigenvalue weighted by atomic mass is 35.5. The first-order chi connectivity index (χ1) is 10.6. The molecule has 1 heterocycles. The van der Waals surface area contributed by atoms with Crippen LogP contribution in [0.2, 0.25) is 5.02 Å². The summed E-state index contributed by atoms with van der Waals surface area (Å²) in [7, 11) is 0. The Hall–Kier alpha value is -1.42. The summed E-state index contributed by atoms with van der Waals surface area (Å²) in [6.45, 7) is 5.36. The van der Waals surface area contributed by atoms with Crippen LogP contribution in [0.4, 0.5) is 10.5 Å². The van der Waals surface area contributed by atoms with Gasteiger partial charge in [0, 0.05) is 42.9 Å². The zero-order chi connectivity index (χ0) is 15.5. The van der Waals surface area contributed by atoms with E-state index in [1.165, 1.54) is 24.1 Å². The van der Waals surface area contributed by atoms with Crippen LogP contribution in [0.1, 0.15) is 31.2 Å². The average Bonchev–Trinajstić information content (AvgIpc) is 3.03. The molecule has 0 aromatic heterocycles. The number of halogens is 1. The molecule has 1 aliphatic heterocycles. The van der Waals surface area contributed by atoms with Crippen LogP contribution in [0.15, 0.2) is 18.2 Å². The van der Waals surface area contributed by atoms with Crippen LogP contribution in [-0.4, -0.2) is 43.2 Å². The summed E-state index contributed by atoms with van der Waals surface area (Å²) >= 11 is 6.11. The maximum absolute atomic E-state index is 12.3. The monoisotopic (exact) mass is 321 g/mol. The van der Waals surface area contributed by atoms with Gasteiger partial charge >= 0.3 is 6.03 Å². The molecule has 1 N–H and O–H groups in total. The molecule has 2 amide bonds. The topological polar surface area (TPSA) is 35.6 Å². The van der Waals surface area contributed by atoms with Crippen molar-refractivity contribution < 1.29 is 4.79 Å². The lowest BCUT2D eigenvalue weighted by Gasteiger charge is -2.37. The first-order valence-electron chi connectivity index (χ1n) is 8.20. The molecule has 1 saturated heterocycles. The third-order valence-electron chi connectivity index (χ3n) is 4.76. The van der Waals surface area contributed by atoms with Gasteiger partial charge < -0.3 is 15.1 Å². The van der Waals surface area contributed by atoms with Crippen molar-refractivity contribution in [2.24, 2.45) is 0 Å². The molecule has 2 aliphatic rings. The molecular weight excluding hydrogens is 298 g/mol. The van der Waals surface area contributed by atoms with Crippen molar-refractivity contribution in [1.29, 1.82) is 0 Å². The number of aryl methyl sites for hydroxylation is 1. The van der Waals surface area contributed by atoms with Gasteiger partial charge in [-0.05, 0) is 37.5 Å². The summed E-state index contributed by atoms with van der Waals surface area (Å²) in [4.78, 5) is 16.6. The fraction of sp³-hybridized carbons (Fsp3) is 0.588. The van der Waals surface area contributed by atoms with E-state index in [4.69, 9.17) is 11.6 Å². The predicted molar refractivity (Wildman–Crippen MR) is 90.8 cm³/mol. The summed E-state index contributed by atoms with van der Waals surface area (Å²) in [5, 5.41) is 3.94. The van der Waals surface area contributed by atoms with Crippen LogP contribution in [0, 0.1) is 6.92 Å². The maximum Gasteiger partial charge on any atom is 0.317 e. The molecule has 5 heteroatoms. The lowest BCUT2D eigenvalue weighted by atomic mass is 10.1. The molecule has 3 rings (SSSR count). The minimum Gasteiger partial charge on any atom is -0.368 e. The molecule has 1 aromatic carbocycles. The molecule has 1 saturated carbocycles. The Morgan fingerprint density at radius 1 is 1.18 bits per heavy atom. The Morgan fingerprint density at radius 2 is 1.86 bits per heavy atom. The van der Waals surface area contributed by atoms with E-state index in [1.807, 2.05) is 17.0 Å². The molecule has 0 radical (unpaired) electrons. The first kappa shape index (κ1) is 15.5. The highest BCUT2D eigenvalue weighted by Crippen LogP contribution is 2.25. The van der Waals surface area contributed by atoms with E-state index in [0.717, 1.165) is 44.0 Å².